The van der Waals surface area contributed by atoms with E-state index in [9.17, 15) is 0 Å². The van der Waals surface area contributed by atoms with Gasteiger partial charge in [-0.1, -0.05) is 6.07 Å². The summed E-state index contributed by atoms with van der Waals surface area (Å²) in [4.78, 5) is 12.6. The molecule has 2 heterocycles. The molecule has 2 rings (SSSR count). The molecule has 0 bridgehead atoms. The molecule has 1 unspecified atom stereocenters. The average molecular weight is 214 g/mol. The predicted molar refractivity (Wildman–Crippen MR) is 63.0 cm³/mol. The summed E-state index contributed by atoms with van der Waals surface area (Å²) in [5.41, 5.74) is 2.06. The van der Waals surface area contributed by atoms with E-state index in [1.54, 1.807) is 18.6 Å². The Balaban J connectivity index is 2.08. The van der Waals surface area contributed by atoms with Crippen LogP contribution in [0.5, 0.6) is 0 Å². The summed E-state index contributed by atoms with van der Waals surface area (Å²) in [7, 11) is 0. The number of anilines is 1. The molecule has 0 saturated carbocycles. The van der Waals surface area contributed by atoms with E-state index in [4.69, 9.17) is 0 Å². The third-order valence-electron chi connectivity index (χ3n) is 2.30. The fourth-order valence-corrected chi connectivity index (χ4v) is 1.38. The van der Waals surface area contributed by atoms with Crippen LogP contribution in [0.3, 0.4) is 0 Å². The average Bonchev–Trinajstić information content (AvgIpc) is 2.33. The number of nitrogens with one attached hydrogen (secondary N) is 1. The van der Waals surface area contributed by atoms with Crippen LogP contribution < -0.4 is 5.32 Å². The van der Waals surface area contributed by atoms with Gasteiger partial charge in [0, 0.05) is 18.6 Å². The van der Waals surface area contributed by atoms with Crippen LogP contribution in [0.1, 0.15) is 24.2 Å². The number of pyridine rings is 1. The molecule has 1 N–H and O–H groups in total. The Labute approximate surface area is 94.8 Å². The first-order chi connectivity index (χ1) is 7.75. The van der Waals surface area contributed by atoms with E-state index < -0.39 is 0 Å². The maximum absolute atomic E-state index is 4.28. The molecule has 2 aromatic heterocycles. The number of rotatable bonds is 3. The molecule has 0 aliphatic rings. The molecule has 0 radical (unpaired) electrons. The maximum atomic E-state index is 4.28. The van der Waals surface area contributed by atoms with Gasteiger partial charge < -0.3 is 5.32 Å². The fourth-order valence-electron chi connectivity index (χ4n) is 1.38. The first kappa shape index (κ1) is 10.5. The second-order valence-corrected chi connectivity index (χ2v) is 3.72. The molecule has 1 atom stereocenters. The number of aromatic nitrogens is 3. The van der Waals surface area contributed by atoms with Gasteiger partial charge in [-0.2, -0.15) is 0 Å². The van der Waals surface area contributed by atoms with E-state index in [0.717, 1.165) is 17.1 Å². The van der Waals surface area contributed by atoms with Gasteiger partial charge in [-0.25, -0.2) is 4.98 Å². The molecule has 16 heavy (non-hydrogen) atoms. The molecule has 82 valence electrons. The zero-order valence-corrected chi connectivity index (χ0v) is 9.38. The summed E-state index contributed by atoms with van der Waals surface area (Å²) in [6.07, 6.45) is 6.95. The van der Waals surface area contributed by atoms with Crippen LogP contribution >= 0.6 is 0 Å². The smallest absolute Gasteiger partial charge is 0.126 e. The monoisotopic (exact) mass is 214 g/mol. The van der Waals surface area contributed by atoms with Crippen molar-refractivity contribution in [2.75, 3.05) is 5.32 Å². The molecule has 0 spiro atoms. The van der Waals surface area contributed by atoms with Crippen LogP contribution in [0.15, 0.2) is 36.9 Å². The Hall–Kier alpha value is -1.97. The van der Waals surface area contributed by atoms with Gasteiger partial charge in [0.25, 0.3) is 0 Å². The van der Waals surface area contributed by atoms with Crippen LogP contribution in [-0.2, 0) is 0 Å². The van der Waals surface area contributed by atoms with Crippen molar-refractivity contribution in [3.8, 4) is 0 Å². The summed E-state index contributed by atoms with van der Waals surface area (Å²) in [5, 5.41) is 3.27. The van der Waals surface area contributed by atoms with E-state index in [0.29, 0.717) is 0 Å². The lowest BCUT2D eigenvalue weighted by Crippen LogP contribution is -2.09. The first-order valence-electron chi connectivity index (χ1n) is 5.21. The second-order valence-electron chi connectivity index (χ2n) is 3.72. The van der Waals surface area contributed by atoms with Gasteiger partial charge in [-0.05, 0) is 25.5 Å². The Morgan fingerprint density at radius 2 is 2.00 bits per heavy atom. The minimum Gasteiger partial charge on any atom is -0.362 e. The van der Waals surface area contributed by atoms with Crippen molar-refractivity contribution in [3.63, 3.8) is 0 Å². The highest BCUT2D eigenvalue weighted by molar-refractivity contribution is 5.37. The highest BCUT2D eigenvalue weighted by Crippen LogP contribution is 2.14. The zero-order valence-electron chi connectivity index (χ0n) is 9.38. The quantitative estimate of drug-likeness (QED) is 0.852. The van der Waals surface area contributed by atoms with Gasteiger partial charge >= 0.3 is 0 Å². The van der Waals surface area contributed by atoms with E-state index in [1.807, 2.05) is 32.2 Å². The first-order valence-corrected chi connectivity index (χ1v) is 5.21. The van der Waals surface area contributed by atoms with E-state index >= 15 is 0 Å². The summed E-state index contributed by atoms with van der Waals surface area (Å²) in [5.74, 6) is 0.851. The number of hydrogen-bond donors (Lipinski definition) is 1. The van der Waals surface area contributed by atoms with Gasteiger partial charge in [-0.3, -0.25) is 9.97 Å². The van der Waals surface area contributed by atoms with Crippen molar-refractivity contribution in [2.45, 2.75) is 19.9 Å². The van der Waals surface area contributed by atoms with E-state index in [2.05, 4.69) is 20.3 Å². The van der Waals surface area contributed by atoms with Crippen LogP contribution in [0.4, 0.5) is 5.82 Å². The highest BCUT2D eigenvalue weighted by atomic mass is 15.0. The molecule has 4 heteroatoms. The van der Waals surface area contributed by atoms with Gasteiger partial charge in [-0.15, -0.1) is 0 Å². The molecule has 0 aliphatic carbocycles. The maximum Gasteiger partial charge on any atom is 0.126 e. The molecular formula is C12H14N4. The van der Waals surface area contributed by atoms with Crippen LogP contribution in [0.25, 0.3) is 0 Å². The normalized spacial score (nSPS) is 12.1. The molecule has 0 amide bonds. The third-order valence-corrected chi connectivity index (χ3v) is 2.30. The Kier molecular flexibility index (Phi) is 3.10. The fraction of sp³-hybridized carbons (Fsp3) is 0.250. The standard InChI is InChI=1S/C12H14N4/c1-9-3-4-12(15-7-9)16-10(2)11-8-13-5-6-14-11/h3-8,10H,1-2H3,(H,15,16). The van der Waals surface area contributed by atoms with Gasteiger partial charge in [0.2, 0.25) is 0 Å². The Morgan fingerprint density at radius 1 is 1.12 bits per heavy atom. The van der Waals surface area contributed by atoms with Crippen molar-refractivity contribution in [2.24, 2.45) is 0 Å². The van der Waals surface area contributed by atoms with Gasteiger partial charge in [0.1, 0.15) is 5.82 Å². The van der Waals surface area contributed by atoms with E-state index in [1.165, 1.54) is 0 Å². The van der Waals surface area contributed by atoms with Crippen molar-refractivity contribution < 1.29 is 0 Å². The second kappa shape index (κ2) is 4.70. The largest absolute Gasteiger partial charge is 0.362 e. The number of hydrogen-bond acceptors (Lipinski definition) is 4. The Bertz CT molecular complexity index is 438. The lowest BCUT2D eigenvalue weighted by atomic mass is 10.2. The SMILES string of the molecule is Cc1ccc(NC(C)c2cnccn2)nc1. The number of nitrogens with zero attached hydrogens (tertiary/aromatic N) is 3. The topological polar surface area (TPSA) is 50.7 Å². The summed E-state index contributed by atoms with van der Waals surface area (Å²) >= 11 is 0. The van der Waals surface area contributed by atoms with Crippen molar-refractivity contribution in [1.29, 1.82) is 0 Å². The van der Waals surface area contributed by atoms with Gasteiger partial charge in [0.05, 0.1) is 17.9 Å². The molecule has 0 aromatic carbocycles. The highest BCUT2D eigenvalue weighted by Gasteiger charge is 2.06. The van der Waals surface area contributed by atoms with Crippen molar-refractivity contribution >= 4 is 5.82 Å². The van der Waals surface area contributed by atoms with Crippen LogP contribution in [0, 0.1) is 6.92 Å². The summed E-state index contributed by atoms with van der Waals surface area (Å²) in [6, 6.07) is 4.09. The molecule has 2 aromatic rings. The number of aryl methyl sites for hydroxylation is 1. The molecule has 0 saturated heterocycles. The molecule has 0 fully saturated rings. The van der Waals surface area contributed by atoms with Crippen LogP contribution in [-0.4, -0.2) is 15.0 Å². The minimum absolute atomic E-state index is 0.101. The lowest BCUT2D eigenvalue weighted by Gasteiger charge is -2.13. The van der Waals surface area contributed by atoms with Crippen LogP contribution in [0.2, 0.25) is 0 Å². The van der Waals surface area contributed by atoms with Crippen molar-refractivity contribution in [1.82, 2.24) is 15.0 Å². The van der Waals surface area contributed by atoms with Gasteiger partial charge in [0.15, 0.2) is 0 Å². The molecular weight excluding hydrogens is 200 g/mol. The Morgan fingerprint density at radius 3 is 2.62 bits per heavy atom. The lowest BCUT2D eigenvalue weighted by molar-refractivity contribution is 0.820. The zero-order chi connectivity index (χ0) is 11.4. The molecule has 4 nitrogen and oxygen atoms in total. The summed E-state index contributed by atoms with van der Waals surface area (Å²) < 4.78 is 0. The minimum atomic E-state index is 0.101. The van der Waals surface area contributed by atoms with Crippen molar-refractivity contribution in [3.05, 3.63) is 48.2 Å². The predicted octanol–water partition coefficient (Wildman–Crippen LogP) is 2.35. The summed E-state index contributed by atoms with van der Waals surface area (Å²) in [6.45, 7) is 4.05. The third kappa shape index (κ3) is 2.53. The molecule has 0 aliphatic heterocycles. The van der Waals surface area contributed by atoms with E-state index in [-0.39, 0.29) is 6.04 Å².